The van der Waals surface area contributed by atoms with Crippen molar-refractivity contribution >= 4 is 23.1 Å². The summed E-state index contributed by atoms with van der Waals surface area (Å²) in [6, 6.07) is 8.73. The van der Waals surface area contributed by atoms with Crippen LogP contribution in [0.4, 0.5) is 0 Å². The second-order valence-electron chi connectivity index (χ2n) is 5.22. The van der Waals surface area contributed by atoms with Crippen LogP contribution in [0.15, 0.2) is 41.0 Å². The molecule has 2 rings (SSSR count). The lowest BCUT2D eigenvalue weighted by atomic mass is 10.1. The van der Waals surface area contributed by atoms with Crippen LogP contribution in [-0.4, -0.2) is 28.1 Å². The summed E-state index contributed by atoms with van der Waals surface area (Å²) in [6.45, 7) is 7.08. The van der Waals surface area contributed by atoms with Crippen LogP contribution in [0.5, 0.6) is 0 Å². The lowest BCUT2D eigenvalue weighted by Crippen LogP contribution is -2.36. The third-order valence-electron chi connectivity index (χ3n) is 3.23. The normalized spacial score (nSPS) is 14.3. The summed E-state index contributed by atoms with van der Waals surface area (Å²) in [7, 11) is 0. The monoisotopic (exact) mass is 287 g/mol. The molecule has 0 saturated carbocycles. The van der Waals surface area contributed by atoms with Crippen LogP contribution in [0.3, 0.4) is 0 Å². The van der Waals surface area contributed by atoms with Crippen LogP contribution < -0.4 is 0 Å². The van der Waals surface area contributed by atoms with E-state index in [0.29, 0.717) is 5.84 Å². The molecule has 3 nitrogen and oxygen atoms in total. The minimum absolute atomic E-state index is 0.272. The van der Waals surface area contributed by atoms with E-state index in [0.717, 1.165) is 18.0 Å². The molecular formula is C16H21N3S. The first kappa shape index (κ1) is 14.9. The van der Waals surface area contributed by atoms with Gasteiger partial charge < -0.3 is 4.90 Å². The Morgan fingerprint density at radius 2 is 2.25 bits per heavy atom. The number of hydrogen-bond donors (Lipinski definition) is 1. The van der Waals surface area contributed by atoms with Gasteiger partial charge in [0.2, 0.25) is 0 Å². The fraction of sp³-hybridized carbons (Fsp3) is 0.375. The fourth-order valence-corrected chi connectivity index (χ4v) is 2.68. The van der Waals surface area contributed by atoms with Gasteiger partial charge in [-0.3, -0.25) is 5.41 Å². The molecule has 1 aliphatic heterocycles. The van der Waals surface area contributed by atoms with Gasteiger partial charge in [-0.25, -0.2) is 4.99 Å². The number of aliphatic imine (C=N–C) groups is 1. The van der Waals surface area contributed by atoms with Gasteiger partial charge in [-0.15, -0.1) is 11.8 Å². The zero-order chi connectivity index (χ0) is 14.5. The van der Waals surface area contributed by atoms with Gasteiger partial charge in [-0.1, -0.05) is 29.8 Å². The van der Waals surface area contributed by atoms with Gasteiger partial charge in [-0.2, -0.15) is 0 Å². The summed E-state index contributed by atoms with van der Waals surface area (Å²) in [5.74, 6) is 1.41. The van der Waals surface area contributed by atoms with Gasteiger partial charge in [0, 0.05) is 18.3 Å². The van der Waals surface area contributed by atoms with Gasteiger partial charge >= 0.3 is 0 Å². The number of benzene rings is 1. The molecule has 0 unspecified atom stereocenters. The molecule has 0 bridgehead atoms. The average Bonchev–Trinajstić information content (AvgIpc) is 2.45. The lowest BCUT2D eigenvalue weighted by molar-refractivity contribution is 0.340. The number of amidine groups is 1. The van der Waals surface area contributed by atoms with E-state index < -0.39 is 0 Å². The van der Waals surface area contributed by atoms with Crippen LogP contribution in [0, 0.1) is 12.3 Å². The summed E-state index contributed by atoms with van der Waals surface area (Å²) < 4.78 is 0. The number of hydrogen-bond acceptors (Lipinski definition) is 3. The van der Waals surface area contributed by atoms with Crippen molar-refractivity contribution in [3.63, 3.8) is 0 Å². The molecule has 1 heterocycles. The Labute approximate surface area is 125 Å². The molecule has 0 fully saturated rings. The highest BCUT2D eigenvalue weighted by Gasteiger charge is 2.18. The summed E-state index contributed by atoms with van der Waals surface area (Å²) >= 11 is 1.66. The molecule has 0 radical (unpaired) electrons. The Morgan fingerprint density at radius 1 is 1.45 bits per heavy atom. The Hall–Kier alpha value is -1.55. The van der Waals surface area contributed by atoms with E-state index in [2.05, 4.69) is 54.9 Å². The molecular weight excluding hydrogens is 266 g/mol. The van der Waals surface area contributed by atoms with E-state index in [9.17, 15) is 0 Å². The second-order valence-corrected chi connectivity index (χ2v) is 6.09. The van der Waals surface area contributed by atoms with Crippen molar-refractivity contribution in [2.75, 3.05) is 5.75 Å². The zero-order valence-electron chi connectivity index (χ0n) is 12.3. The van der Waals surface area contributed by atoms with E-state index in [4.69, 9.17) is 5.41 Å². The standard InChI is InChI=1S/C16H21N3S/c1-12(2)19(10-14-6-4-5-13(3)9-14)16(17)15-7-8-20-11-18-15/h4-7,9,11-12,17H,8,10H2,1-3H3. The number of thioether (sulfide) groups is 1. The maximum Gasteiger partial charge on any atom is 0.147 e. The number of nitrogens with one attached hydrogen (secondary N) is 1. The largest absolute Gasteiger partial charge is 0.349 e. The van der Waals surface area contributed by atoms with Crippen molar-refractivity contribution in [3.05, 3.63) is 47.2 Å². The Morgan fingerprint density at radius 3 is 2.85 bits per heavy atom. The van der Waals surface area contributed by atoms with Crippen molar-refractivity contribution in [3.8, 4) is 0 Å². The smallest absolute Gasteiger partial charge is 0.147 e. The van der Waals surface area contributed by atoms with Crippen molar-refractivity contribution < 1.29 is 0 Å². The van der Waals surface area contributed by atoms with E-state index in [1.54, 1.807) is 11.8 Å². The molecule has 0 saturated heterocycles. The Balaban J connectivity index is 2.17. The molecule has 106 valence electrons. The Bertz CT molecular complexity index is 546. The van der Waals surface area contributed by atoms with Crippen molar-refractivity contribution in [2.45, 2.75) is 33.4 Å². The maximum atomic E-state index is 8.41. The molecule has 1 N–H and O–H groups in total. The maximum absolute atomic E-state index is 8.41. The van der Waals surface area contributed by atoms with E-state index in [-0.39, 0.29) is 6.04 Å². The number of aryl methyl sites for hydroxylation is 1. The van der Waals surface area contributed by atoms with Crippen LogP contribution in [0.2, 0.25) is 0 Å². The molecule has 0 spiro atoms. The highest BCUT2D eigenvalue weighted by Crippen LogP contribution is 2.17. The van der Waals surface area contributed by atoms with Gasteiger partial charge in [0.15, 0.2) is 0 Å². The lowest BCUT2D eigenvalue weighted by Gasteiger charge is -2.30. The van der Waals surface area contributed by atoms with Gasteiger partial charge in [0.1, 0.15) is 11.5 Å². The van der Waals surface area contributed by atoms with Gasteiger partial charge in [0.05, 0.1) is 5.55 Å². The topological polar surface area (TPSA) is 39.5 Å². The first-order chi connectivity index (χ1) is 9.58. The molecule has 0 atom stereocenters. The minimum atomic E-state index is 0.272. The van der Waals surface area contributed by atoms with Gasteiger partial charge in [-0.05, 0) is 32.4 Å². The molecule has 1 aromatic rings. The zero-order valence-corrected chi connectivity index (χ0v) is 13.1. The van der Waals surface area contributed by atoms with Crippen LogP contribution in [0.25, 0.3) is 0 Å². The molecule has 1 aromatic carbocycles. The number of rotatable bonds is 4. The fourth-order valence-electron chi connectivity index (χ4n) is 2.15. The third-order valence-corrected chi connectivity index (χ3v) is 3.84. The summed E-state index contributed by atoms with van der Waals surface area (Å²) in [5.41, 5.74) is 5.10. The SMILES string of the molecule is Cc1cccc(CN(C(=N)C2=CCSC=N2)C(C)C)c1. The summed E-state index contributed by atoms with van der Waals surface area (Å²) in [5, 5.41) is 8.41. The first-order valence-electron chi connectivity index (χ1n) is 6.83. The predicted octanol–water partition coefficient (Wildman–Crippen LogP) is 3.84. The van der Waals surface area contributed by atoms with E-state index in [1.807, 2.05) is 11.6 Å². The van der Waals surface area contributed by atoms with Gasteiger partial charge in [0.25, 0.3) is 0 Å². The molecule has 0 amide bonds. The van der Waals surface area contributed by atoms with Crippen LogP contribution >= 0.6 is 11.8 Å². The van der Waals surface area contributed by atoms with Crippen LogP contribution in [0.1, 0.15) is 25.0 Å². The average molecular weight is 287 g/mol. The second kappa shape index (κ2) is 6.75. The van der Waals surface area contributed by atoms with Crippen molar-refractivity contribution in [1.29, 1.82) is 5.41 Å². The molecule has 4 heteroatoms. The van der Waals surface area contributed by atoms with Crippen molar-refractivity contribution in [1.82, 2.24) is 4.90 Å². The predicted molar refractivity (Wildman–Crippen MR) is 88.6 cm³/mol. The van der Waals surface area contributed by atoms with E-state index >= 15 is 0 Å². The molecule has 1 aliphatic rings. The Kier molecular flexibility index (Phi) is 5.01. The molecule has 20 heavy (non-hydrogen) atoms. The van der Waals surface area contributed by atoms with E-state index in [1.165, 1.54) is 11.1 Å². The molecule has 0 aromatic heterocycles. The van der Waals surface area contributed by atoms with Crippen LogP contribution in [-0.2, 0) is 6.54 Å². The summed E-state index contributed by atoms with van der Waals surface area (Å²) in [6.07, 6.45) is 2.03. The summed E-state index contributed by atoms with van der Waals surface area (Å²) in [4.78, 5) is 6.42. The third kappa shape index (κ3) is 3.73. The minimum Gasteiger partial charge on any atom is -0.349 e. The number of nitrogens with zero attached hydrogens (tertiary/aromatic N) is 2. The molecule has 0 aliphatic carbocycles. The highest BCUT2D eigenvalue weighted by atomic mass is 32.2. The quantitative estimate of drug-likeness (QED) is 0.675. The highest BCUT2D eigenvalue weighted by molar-refractivity contribution is 8.12. The van der Waals surface area contributed by atoms with Crippen molar-refractivity contribution in [2.24, 2.45) is 4.99 Å². The first-order valence-corrected chi connectivity index (χ1v) is 7.88.